The summed E-state index contributed by atoms with van der Waals surface area (Å²) < 4.78 is 42.7. The Bertz CT molecular complexity index is 494. The molecular weight excluding hydrogens is 285 g/mol. The molecule has 0 saturated carbocycles. The Balaban J connectivity index is 2.09. The van der Waals surface area contributed by atoms with Gasteiger partial charge in [-0.1, -0.05) is 0 Å². The van der Waals surface area contributed by atoms with Crippen molar-refractivity contribution in [2.24, 2.45) is 5.73 Å². The molecule has 1 aliphatic heterocycles. The number of carbonyl (C=O) groups excluding carboxylic acids is 1. The number of halogens is 3. The van der Waals surface area contributed by atoms with Crippen LogP contribution in [0.4, 0.5) is 13.2 Å². The summed E-state index contributed by atoms with van der Waals surface area (Å²) in [6, 6.07) is 4.13. The highest BCUT2D eigenvalue weighted by Gasteiger charge is 2.34. The van der Waals surface area contributed by atoms with Crippen molar-refractivity contribution in [3.63, 3.8) is 0 Å². The zero-order valence-electron chi connectivity index (χ0n) is 11.4. The number of alkyl halides is 3. The maximum Gasteiger partial charge on any atom is 0.416 e. The molecule has 1 saturated heterocycles. The van der Waals surface area contributed by atoms with Gasteiger partial charge in [0.15, 0.2) is 0 Å². The van der Waals surface area contributed by atoms with Crippen LogP contribution in [0.25, 0.3) is 0 Å². The van der Waals surface area contributed by atoms with Crippen LogP contribution in [0.5, 0.6) is 0 Å². The van der Waals surface area contributed by atoms with Crippen molar-refractivity contribution in [2.75, 3.05) is 19.8 Å². The van der Waals surface area contributed by atoms with Crippen molar-refractivity contribution in [1.29, 1.82) is 0 Å². The second-order valence-corrected chi connectivity index (χ2v) is 5.13. The van der Waals surface area contributed by atoms with Gasteiger partial charge in [-0.05, 0) is 37.1 Å². The Kier molecular flexibility index (Phi) is 4.53. The number of hydrogen-bond acceptors (Lipinski definition) is 3. The Labute approximate surface area is 120 Å². The average molecular weight is 302 g/mol. The van der Waals surface area contributed by atoms with E-state index in [1.54, 1.807) is 0 Å². The lowest BCUT2D eigenvalue weighted by molar-refractivity contribution is -0.137. The number of rotatable bonds is 3. The highest BCUT2D eigenvalue weighted by atomic mass is 19.4. The van der Waals surface area contributed by atoms with E-state index in [-0.39, 0.29) is 12.1 Å². The fourth-order valence-electron chi connectivity index (χ4n) is 2.27. The molecule has 1 aliphatic rings. The summed E-state index contributed by atoms with van der Waals surface area (Å²) in [4.78, 5) is 12.1. The van der Waals surface area contributed by atoms with E-state index in [9.17, 15) is 18.0 Å². The number of amides is 1. The van der Waals surface area contributed by atoms with Crippen molar-refractivity contribution < 1.29 is 22.7 Å². The predicted molar refractivity (Wildman–Crippen MR) is 70.7 cm³/mol. The van der Waals surface area contributed by atoms with Crippen LogP contribution < -0.4 is 11.1 Å². The second-order valence-electron chi connectivity index (χ2n) is 5.13. The first-order chi connectivity index (χ1) is 9.86. The molecular formula is C14H17F3N2O2. The Hall–Kier alpha value is -1.60. The third kappa shape index (κ3) is 3.74. The van der Waals surface area contributed by atoms with E-state index in [4.69, 9.17) is 10.5 Å². The van der Waals surface area contributed by atoms with Crippen molar-refractivity contribution in [3.8, 4) is 0 Å². The van der Waals surface area contributed by atoms with E-state index < -0.39 is 23.2 Å². The van der Waals surface area contributed by atoms with Crippen LogP contribution in [0.3, 0.4) is 0 Å². The third-order valence-corrected chi connectivity index (χ3v) is 3.69. The minimum atomic E-state index is -4.41. The van der Waals surface area contributed by atoms with E-state index in [0.717, 1.165) is 12.1 Å². The quantitative estimate of drug-likeness (QED) is 0.897. The summed E-state index contributed by atoms with van der Waals surface area (Å²) in [5, 5.41) is 2.83. The predicted octanol–water partition coefficient (Wildman–Crippen LogP) is 1.94. The smallest absolute Gasteiger partial charge is 0.381 e. The van der Waals surface area contributed by atoms with Gasteiger partial charge in [0.1, 0.15) is 0 Å². The van der Waals surface area contributed by atoms with Crippen LogP contribution in [-0.4, -0.2) is 31.2 Å². The highest BCUT2D eigenvalue weighted by molar-refractivity contribution is 5.94. The van der Waals surface area contributed by atoms with E-state index in [2.05, 4.69) is 5.32 Å². The number of benzene rings is 1. The van der Waals surface area contributed by atoms with Gasteiger partial charge in [-0.2, -0.15) is 13.2 Å². The number of ether oxygens (including phenoxy) is 1. The topological polar surface area (TPSA) is 64.3 Å². The molecule has 1 heterocycles. The molecule has 2 rings (SSSR count). The van der Waals surface area contributed by atoms with Crippen molar-refractivity contribution in [1.82, 2.24) is 5.32 Å². The van der Waals surface area contributed by atoms with Gasteiger partial charge in [-0.15, -0.1) is 0 Å². The second kappa shape index (κ2) is 6.03. The van der Waals surface area contributed by atoms with Gasteiger partial charge >= 0.3 is 6.18 Å². The van der Waals surface area contributed by atoms with E-state index >= 15 is 0 Å². The summed E-state index contributed by atoms with van der Waals surface area (Å²) >= 11 is 0. The lowest BCUT2D eigenvalue weighted by Gasteiger charge is -2.37. The Morgan fingerprint density at radius 3 is 2.29 bits per heavy atom. The standard InChI is InChI=1S/C14H17F3N2O2/c15-14(16,17)11-3-1-10(2-4-11)12(20)19-13(9-18)5-7-21-8-6-13/h1-4H,5-9,18H2,(H,19,20). The third-order valence-electron chi connectivity index (χ3n) is 3.69. The molecule has 0 unspecified atom stereocenters. The van der Waals surface area contributed by atoms with Crippen molar-refractivity contribution >= 4 is 5.91 Å². The van der Waals surface area contributed by atoms with Crippen LogP contribution in [0, 0.1) is 0 Å². The van der Waals surface area contributed by atoms with Crippen LogP contribution >= 0.6 is 0 Å². The summed E-state index contributed by atoms with van der Waals surface area (Å²) in [6.07, 6.45) is -3.22. The fourth-order valence-corrected chi connectivity index (χ4v) is 2.27. The van der Waals surface area contributed by atoms with Crippen molar-refractivity contribution in [2.45, 2.75) is 24.6 Å². The number of carbonyl (C=O) groups is 1. The minimum Gasteiger partial charge on any atom is -0.381 e. The largest absolute Gasteiger partial charge is 0.416 e. The first-order valence-electron chi connectivity index (χ1n) is 6.64. The monoisotopic (exact) mass is 302 g/mol. The molecule has 1 amide bonds. The van der Waals surface area contributed by atoms with Crippen LogP contribution in [-0.2, 0) is 10.9 Å². The molecule has 1 fully saturated rings. The van der Waals surface area contributed by atoms with Gasteiger partial charge in [0.05, 0.1) is 11.1 Å². The molecule has 21 heavy (non-hydrogen) atoms. The average Bonchev–Trinajstić information content (AvgIpc) is 2.47. The van der Waals surface area contributed by atoms with Crippen LogP contribution in [0.2, 0.25) is 0 Å². The lowest BCUT2D eigenvalue weighted by Crippen LogP contribution is -2.56. The summed E-state index contributed by atoms with van der Waals surface area (Å²) in [5.74, 6) is -0.420. The summed E-state index contributed by atoms with van der Waals surface area (Å²) in [6.45, 7) is 1.28. The molecule has 0 aromatic heterocycles. The van der Waals surface area contributed by atoms with Crippen LogP contribution in [0.1, 0.15) is 28.8 Å². The van der Waals surface area contributed by atoms with Gasteiger partial charge in [-0.3, -0.25) is 4.79 Å². The van der Waals surface area contributed by atoms with Gasteiger partial charge in [0, 0.05) is 25.3 Å². The molecule has 3 N–H and O–H groups in total. The molecule has 0 bridgehead atoms. The van der Waals surface area contributed by atoms with Gasteiger partial charge in [-0.25, -0.2) is 0 Å². The first kappa shape index (κ1) is 15.8. The highest BCUT2D eigenvalue weighted by Crippen LogP contribution is 2.29. The maximum absolute atomic E-state index is 12.5. The van der Waals surface area contributed by atoms with E-state index in [0.29, 0.717) is 26.1 Å². The minimum absolute atomic E-state index is 0.183. The number of nitrogens with two attached hydrogens (primary N) is 1. The van der Waals surface area contributed by atoms with E-state index in [1.807, 2.05) is 0 Å². The Morgan fingerprint density at radius 2 is 1.81 bits per heavy atom. The lowest BCUT2D eigenvalue weighted by atomic mass is 9.89. The molecule has 4 nitrogen and oxygen atoms in total. The van der Waals surface area contributed by atoms with Gasteiger partial charge < -0.3 is 15.8 Å². The molecule has 7 heteroatoms. The number of nitrogens with one attached hydrogen (secondary N) is 1. The summed E-state index contributed by atoms with van der Waals surface area (Å²) in [7, 11) is 0. The maximum atomic E-state index is 12.5. The Morgan fingerprint density at radius 1 is 1.24 bits per heavy atom. The summed E-state index contributed by atoms with van der Waals surface area (Å²) in [5.41, 5.74) is 4.59. The first-order valence-corrected chi connectivity index (χ1v) is 6.64. The normalized spacial score (nSPS) is 18.3. The molecule has 0 atom stereocenters. The zero-order chi connectivity index (χ0) is 15.5. The van der Waals surface area contributed by atoms with Crippen LogP contribution in [0.15, 0.2) is 24.3 Å². The fraction of sp³-hybridized carbons (Fsp3) is 0.500. The van der Waals surface area contributed by atoms with Gasteiger partial charge in [0.2, 0.25) is 0 Å². The number of hydrogen-bond donors (Lipinski definition) is 2. The molecule has 0 aliphatic carbocycles. The molecule has 1 aromatic rings. The van der Waals surface area contributed by atoms with E-state index in [1.165, 1.54) is 12.1 Å². The molecule has 0 radical (unpaired) electrons. The van der Waals surface area contributed by atoms with Crippen molar-refractivity contribution in [3.05, 3.63) is 35.4 Å². The SMILES string of the molecule is NCC1(NC(=O)c2ccc(C(F)(F)F)cc2)CCOCC1. The molecule has 116 valence electrons. The molecule has 0 spiro atoms. The molecule has 1 aromatic carbocycles. The van der Waals surface area contributed by atoms with Gasteiger partial charge in [0.25, 0.3) is 5.91 Å². The zero-order valence-corrected chi connectivity index (χ0v) is 11.4.